The molecule has 1 rings (SSSR count). The molecule has 0 bridgehead atoms. The van der Waals surface area contributed by atoms with Crippen LogP contribution in [-0.2, 0) is 15.6 Å². The van der Waals surface area contributed by atoms with Gasteiger partial charge in [0.1, 0.15) is 0 Å². The van der Waals surface area contributed by atoms with Gasteiger partial charge >= 0.3 is 0 Å². The van der Waals surface area contributed by atoms with Gasteiger partial charge in [-0.2, -0.15) is 0 Å². The molecular formula is C15H24O3S. The van der Waals surface area contributed by atoms with E-state index in [9.17, 15) is 8.42 Å². The fourth-order valence-electron chi connectivity index (χ4n) is 1.94. The zero-order valence-electron chi connectivity index (χ0n) is 11.8. The van der Waals surface area contributed by atoms with E-state index in [1.807, 2.05) is 24.3 Å². The summed E-state index contributed by atoms with van der Waals surface area (Å²) in [5, 5.41) is 8.65. The van der Waals surface area contributed by atoms with Crippen LogP contribution in [0.1, 0.15) is 50.2 Å². The molecule has 4 heteroatoms. The lowest BCUT2D eigenvalue weighted by atomic mass is 10.0. The fraction of sp³-hybridized carbons (Fsp3) is 0.600. The van der Waals surface area contributed by atoms with Gasteiger partial charge in [-0.15, -0.1) is 0 Å². The smallest absolute Gasteiger partial charge is 0.154 e. The van der Waals surface area contributed by atoms with Crippen LogP contribution >= 0.6 is 0 Å². The van der Waals surface area contributed by atoms with Crippen molar-refractivity contribution < 1.29 is 13.5 Å². The number of benzene rings is 1. The second-order valence-electron chi connectivity index (χ2n) is 5.27. The van der Waals surface area contributed by atoms with Gasteiger partial charge in [0.25, 0.3) is 0 Å². The molecule has 0 heterocycles. The molecule has 3 nitrogen and oxygen atoms in total. The lowest BCUT2D eigenvalue weighted by molar-refractivity contribution is 0.284. The zero-order valence-corrected chi connectivity index (χ0v) is 12.6. The average molecular weight is 284 g/mol. The fourth-order valence-corrected chi connectivity index (χ4v) is 3.42. The number of unbranched alkanes of at least 4 members (excludes halogenated alkanes) is 2. The van der Waals surface area contributed by atoms with E-state index >= 15 is 0 Å². The van der Waals surface area contributed by atoms with Crippen molar-refractivity contribution >= 4 is 9.84 Å². The summed E-state index contributed by atoms with van der Waals surface area (Å²) in [7, 11) is -3.03. The molecule has 1 N–H and O–H groups in total. The molecule has 0 saturated heterocycles. The number of hydrogen-bond acceptors (Lipinski definition) is 3. The van der Waals surface area contributed by atoms with E-state index < -0.39 is 9.84 Å². The highest BCUT2D eigenvalue weighted by atomic mass is 32.2. The van der Waals surface area contributed by atoms with Crippen LogP contribution in [0.15, 0.2) is 24.3 Å². The van der Waals surface area contributed by atoms with E-state index in [1.54, 1.807) is 0 Å². The third-order valence-electron chi connectivity index (χ3n) is 3.15. The van der Waals surface area contributed by atoms with Gasteiger partial charge in [0.15, 0.2) is 9.84 Å². The summed E-state index contributed by atoms with van der Waals surface area (Å²) in [6.45, 7) is 4.37. The molecular weight excluding hydrogens is 260 g/mol. The monoisotopic (exact) mass is 284 g/mol. The first-order valence-corrected chi connectivity index (χ1v) is 8.67. The first kappa shape index (κ1) is 16.2. The average Bonchev–Trinajstić information content (AvgIpc) is 2.35. The number of aliphatic hydroxyl groups is 1. The highest BCUT2D eigenvalue weighted by Gasteiger charge is 2.11. The molecule has 0 unspecified atom stereocenters. The van der Waals surface area contributed by atoms with Gasteiger partial charge in [-0.05, 0) is 29.9 Å². The van der Waals surface area contributed by atoms with Gasteiger partial charge in [0.2, 0.25) is 0 Å². The number of rotatable bonds is 8. The Kier molecular flexibility index (Phi) is 6.52. The first-order valence-electron chi connectivity index (χ1n) is 6.85. The van der Waals surface area contributed by atoms with Gasteiger partial charge in [-0.25, -0.2) is 8.42 Å². The predicted molar refractivity (Wildman–Crippen MR) is 79.0 cm³/mol. The van der Waals surface area contributed by atoms with Crippen molar-refractivity contribution in [3.05, 3.63) is 35.4 Å². The molecule has 0 atom stereocenters. The Morgan fingerprint density at radius 3 is 2.21 bits per heavy atom. The Labute approximate surface area is 116 Å². The Morgan fingerprint density at radius 1 is 1.05 bits per heavy atom. The molecule has 0 aliphatic rings. The maximum Gasteiger partial charge on any atom is 0.154 e. The Balaban J connectivity index is 2.53. The van der Waals surface area contributed by atoms with Crippen LogP contribution in [0, 0.1) is 0 Å². The summed E-state index contributed by atoms with van der Waals surface area (Å²) >= 11 is 0. The zero-order chi connectivity index (χ0) is 14.3. The minimum Gasteiger partial charge on any atom is -0.396 e. The Hall–Kier alpha value is -0.870. The van der Waals surface area contributed by atoms with E-state index in [1.165, 1.54) is 5.56 Å². The van der Waals surface area contributed by atoms with Crippen molar-refractivity contribution in [3.63, 3.8) is 0 Å². The number of sulfone groups is 1. The van der Waals surface area contributed by atoms with Crippen LogP contribution in [-0.4, -0.2) is 25.9 Å². The van der Waals surface area contributed by atoms with Crippen molar-refractivity contribution in [1.29, 1.82) is 0 Å². The van der Waals surface area contributed by atoms with E-state index in [-0.39, 0.29) is 18.1 Å². The second-order valence-corrected chi connectivity index (χ2v) is 7.46. The van der Waals surface area contributed by atoms with Crippen LogP contribution in [0.25, 0.3) is 0 Å². The van der Waals surface area contributed by atoms with Gasteiger partial charge in [-0.1, -0.05) is 44.5 Å². The third-order valence-corrected chi connectivity index (χ3v) is 4.83. The van der Waals surface area contributed by atoms with Crippen molar-refractivity contribution in [2.45, 2.75) is 44.8 Å². The van der Waals surface area contributed by atoms with Gasteiger partial charge in [-0.3, -0.25) is 0 Å². The summed E-state index contributed by atoms with van der Waals surface area (Å²) in [4.78, 5) is 0. The minimum absolute atomic E-state index is 0.116. The van der Waals surface area contributed by atoms with Crippen molar-refractivity contribution in [1.82, 2.24) is 0 Å². The molecule has 0 aliphatic carbocycles. The maximum atomic E-state index is 11.9. The number of hydrogen-bond donors (Lipinski definition) is 1. The summed E-state index contributed by atoms with van der Waals surface area (Å²) in [5.74, 6) is 0.785. The Morgan fingerprint density at radius 2 is 1.68 bits per heavy atom. The Bertz CT molecular complexity index is 461. The third kappa shape index (κ3) is 6.21. The highest BCUT2D eigenvalue weighted by molar-refractivity contribution is 7.90. The normalized spacial score (nSPS) is 12.0. The molecule has 0 saturated carbocycles. The largest absolute Gasteiger partial charge is 0.396 e. The topological polar surface area (TPSA) is 54.4 Å². The summed E-state index contributed by atoms with van der Waals surface area (Å²) in [5.41, 5.74) is 2.08. The van der Waals surface area contributed by atoms with E-state index in [4.69, 9.17) is 5.11 Å². The lowest BCUT2D eigenvalue weighted by Crippen LogP contribution is -2.09. The number of aliphatic hydroxyl groups excluding tert-OH is 1. The predicted octanol–water partition coefficient (Wildman–Crippen LogP) is 2.89. The van der Waals surface area contributed by atoms with Gasteiger partial charge in [0, 0.05) is 6.61 Å². The van der Waals surface area contributed by atoms with Crippen LogP contribution in [0.5, 0.6) is 0 Å². The van der Waals surface area contributed by atoms with E-state index in [0.717, 1.165) is 12.0 Å². The van der Waals surface area contributed by atoms with Crippen LogP contribution < -0.4 is 0 Å². The lowest BCUT2D eigenvalue weighted by Gasteiger charge is -2.08. The molecule has 0 spiro atoms. The standard InChI is InChI=1S/C15H24O3S/c1-13(2)15-8-6-14(7-9-15)12-19(17,18)11-5-3-4-10-16/h6-9,13,16H,3-5,10-12H2,1-2H3. The SMILES string of the molecule is CC(C)c1ccc(CS(=O)(=O)CCCCCO)cc1. The quantitative estimate of drug-likeness (QED) is 0.747. The molecule has 1 aromatic carbocycles. The maximum absolute atomic E-state index is 11.9. The summed E-state index contributed by atoms with van der Waals surface area (Å²) in [6.07, 6.45) is 2.08. The van der Waals surface area contributed by atoms with E-state index in [2.05, 4.69) is 13.8 Å². The molecule has 19 heavy (non-hydrogen) atoms. The first-order chi connectivity index (χ1) is 8.94. The molecule has 1 aromatic rings. The van der Waals surface area contributed by atoms with Gasteiger partial charge < -0.3 is 5.11 Å². The van der Waals surface area contributed by atoms with Crippen LogP contribution in [0.3, 0.4) is 0 Å². The minimum atomic E-state index is -3.03. The highest BCUT2D eigenvalue weighted by Crippen LogP contribution is 2.16. The van der Waals surface area contributed by atoms with Crippen molar-refractivity contribution in [3.8, 4) is 0 Å². The molecule has 0 radical (unpaired) electrons. The van der Waals surface area contributed by atoms with Crippen molar-refractivity contribution in [2.75, 3.05) is 12.4 Å². The van der Waals surface area contributed by atoms with Crippen LogP contribution in [0.4, 0.5) is 0 Å². The van der Waals surface area contributed by atoms with Gasteiger partial charge in [0.05, 0.1) is 11.5 Å². The van der Waals surface area contributed by atoms with E-state index in [0.29, 0.717) is 18.8 Å². The molecule has 0 aliphatic heterocycles. The molecule has 0 aromatic heterocycles. The molecule has 0 amide bonds. The summed E-state index contributed by atoms with van der Waals surface area (Å²) in [6, 6.07) is 7.81. The van der Waals surface area contributed by atoms with Crippen molar-refractivity contribution in [2.24, 2.45) is 0 Å². The molecule has 108 valence electrons. The van der Waals surface area contributed by atoms with Crippen LogP contribution in [0.2, 0.25) is 0 Å². The second kappa shape index (κ2) is 7.65. The molecule has 0 fully saturated rings. The summed E-state index contributed by atoms with van der Waals surface area (Å²) < 4.78 is 23.8.